The minimum absolute atomic E-state index is 0.192. The second-order valence-corrected chi connectivity index (χ2v) is 4.23. The molecule has 3 N–H and O–H groups in total. The number of amides is 2. The van der Waals surface area contributed by atoms with Crippen LogP contribution in [0.5, 0.6) is 0 Å². The molecule has 0 aromatic heterocycles. The minimum Gasteiger partial charge on any atom is -0.384 e. The van der Waals surface area contributed by atoms with Gasteiger partial charge in [-0.3, -0.25) is 0 Å². The maximum atomic E-state index is 11.7. The third-order valence-electron chi connectivity index (χ3n) is 2.92. The highest BCUT2D eigenvalue weighted by Gasteiger charge is 2.19. The third-order valence-corrected chi connectivity index (χ3v) is 2.92. The molecule has 0 radical (unpaired) electrons. The molecule has 1 aromatic carbocycles. The molecule has 0 saturated heterocycles. The van der Waals surface area contributed by atoms with E-state index in [1.807, 2.05) is 18.2 Å². The second kappa shape index (κ2) is 6.08. The Hall–Kier alpha value is -1.99. The first-order valence-corrected chi connectivity index (χ1v) is 6.06. The zero-order chi connectivity index (χ0) is 12.8. The highest BCUT2D eigenvalue weighted by Crippen LogP contribution is 2.18. The van der Waals surface area contributed by atoms with E-state index in [9.17, 15) is 4.79 Å². The average molecular weight is 244 g/mol. The Morgan fingerprint density at radius 3 is 2.83 bits per heavy atom. The first kappa shape index (κ1) is 12.5. The minimum atomic E-state index is -0.196. The standard InChI is InChI=1S/C14H16N2O2/c17-10-4-6-11-5-1-2-9-13(11)16-14(18)15-12-7-3-8-12/h1-2,5,9,12,17H,3,7-8,10H2,(H2,15,16,18). The van der Waals surface area contributed by atoms with Gasteiger partial charge in [0.25, 0.3) is 0 Å². The van der Waals surface area contributed by atoms with Gasteiger partial charge in [-0.2, -0.15) is 0 Å². The van der Waals surface area contributed by atoms with Crippen LogP contribution in [-0.4, -0.2) is 23.8 Å². The van der Waals surface area contributed by atoms with Gasteiger partial charge in [0.15, 0.2) is 0 Å². The first-order chi connectivity index (χ1) is 8.79. The summed E-state index contributed by atoms with van der Waals surface area (Å²) in [6.07, 6.45) is 3.29. The van der Waals surface area contributed by atoms with Gasteiger partial charge in [-0.15, -0.1) is 0 Å². The molecule has 2 rings (SSSR count). The zero-order valence-electron chi connectivity index (χ0n) is 10.1. The number of aliphatic hydroxyl groups is 1. The molecule has 18 heavy (non-hydrogen) atoms. The lowest BCUT2D eigenvalue weighted by Gasteiger charge is -2.26. The van der Waals surface area contributed by atoms with Crippen LogP contribution >= 0.6 is 0 Å². The van der Waals surface area contributed by atoms with Crippen molar-refractivity contribution in [1.29, 1.82) is 0 Å². The molecule has 2 amide bonds. The van der Waals surface area contributed by atoms with Gasteiger partial charge in [-0.1, -0.05) is 24.0 Å². The molecule has 1 fully saturated rings. The number of anilines is 1. The monoisotopic (exact) mass is 244 g/mol. The number of hydrogen-bond donors (Lipinski definition) is 3. The Morgan fingerprint density at radius 2 is 2.17 bits per heavy atom. The van der Waals surface area contributed by atoms with Crippen molar-refractivity contribution in [3.05, 3.63) is 29.8 Å². The van der Waals surface area contributed by atoms with Crippen molar-refractivity contribution in [3.63, 3.8) is 0 Å². The predicted octanol–water partition coefficient (Wildman–Crippen LogP) is 1.70. The number of nitrogens with one attached hydrogen (secondary N) is 2. The SMILES string of the molecule is O=C(Nc1ccccc1C#CCO)NC1CCC1. The molecule has 0 aliphatic heterocycles. The van der Waals surface area contributed by atoms with Crippen molar-refractivity contribution in [3.8, 4) is 11.8 Å². The van der Waals surface area contributed by atoms with Crippen LogP contribution in [0.4, 0.5) is 10.5 Å². The van der Waals surface area contributed by atoms with E-state index in [1.54, 1.807) is 6.07 Å². The van der Waals surface area contributed by atoms with Gasteiger partial charge in [0.2, 0.25) is 0 Å². The number of para-hydroxylation sites is 1. The summed E-state index contributed by atoms with van der Waals surface area (Å²) < 4.78 is 0. The summed E-state index contributed by atoms with van der Waals surface area (Å²) >= 11 is 0. The van der Waals surface area contributed by atoms with E-state index in [0.29, 0.717) is 17.3 Å². The number of hydrogen-bond acceptors (Lipinski definition) is 2. The fourth-order valence-electron chi connectivity index (χ4n) is 1.73. The zero-order valence-corrected chi connectivity index (χ0v) is 10.1. The van der Waals surface area contributed by atoms with Crippen molar-refractivity contribution in [1.82, 2.24) is 5.32 Å². The molecule has 0 unspecified atom stereocenters. The lowest BCUT2D eigenvalue weighted by atomic mass is 9.93. The van der Waals surface area contributed by atoms with Crippen LogP contribution in [0.2, 0.25) is 0 Å². The largest absolute Gasteiger partial charge is 0.384 e. The van der Waals surface area contributed by atoms with E-state index in [0.717, 1.165) is 12.8 Å². The molecule has 0 heterocycles. The van der Waals surface area contributed by atoms with Crippen LogP contribution in [0.3, 0.4) is 0 Å². The highest BCUT2D eigenvalue weighted by atomic mass is 16.2. The van der Waals surface area contributed by atoms with Gasteiger partial charge in [0.1, 0.15) is 6.61 Å². The molecule has 0 bridgehead atoms. The van der Waals surface area contributed by atoms with Crippen molar-refractivity contribution >= 4 is 11.7 Å². The Balaban J connectivity index is 2.00. The maximum Gasteiger partial charge on any atom is 0.319 e. The number of rotatable bonds is 2. The molecule has 4 nitrogen and oxygen atoms in total. The van der Waals surface area contributed by atoms with E-state index in [2.05, 4.69) is 22.5 Å². The number of carbonyl (C=O) groups excluding carboxylic acids is 1. The molecule has 0 atom stereocenters. The highest BCUT2D eigenvalue weighted by molar-refractivity contribution is 5.91. The van der Waals surface area contributed by atoms with E-state index in [-0.39, 0.29) is 12.6 Å². The molecular weight excluding hydrogens is 228 g/mol. The Labute approximate surface area is 106 Å². The van der Waals surface area contributed by atoms with Crippen molar-refractivity contribution in [2.45, 2.75) is 25.3 Å². The van der Waals surface area contributed by atoms with Gasteiger partial charge >= 0.3 is 6.03 Å². The summed E-state index contributed by atoms with van der Waals surface area (Å²) in [6, 6.07) is 7.39. The molecule has 94 valence electrons. The topological polar surface area (TPSA) is 61.4 Å². The molecule has 0 spiro atoms. The van der Waals surface area contributed by atoms with Crippen molar-refractivity contribution in [2.75, 3.05) is 11.9 Å². The van der Waals surface area contributed by atoms with Crippen LogP contribution in [0.1, 0.15) is 24.8 Å². The van der Waals surface area contributed by atoms with Crippen molar-refractivity contribution in [2.24, 2.45) is 0 Å². The van der Waals surface area contributed by atoms with E-state index in [1.165, 1.54) is 6.42 Å². The normalized spacial score (nSPS) is 14.1. The van der Waals surface area contributed by atoms with E-state index < -0.39 is 0 Å². The molecule has 1 aliphatic rings. The Kier molecular flexibility index (Phi) is 4.21. The summed E-state index contributed by atoms with van der Waals surface area (Å²) in [5, 5.41) is 14.4. The maximum absolute atomic E-state index is 11.7. The Morgan fingerprint density at radius 1 is 1.39 bits per heavy atom. The summed E-state index contributed by atoms with van der Waals surface area (Å²) in [6.45, 7) is -0.192. The number of aliphatic hydroxyl groups excluding tert-OH is 1. The molecular formula is C14H16N2O2. The molecule has 4 heteroatoms. The third kappa shape index (κ3) is 3.25. The predicted molar refractivity (Wildman–Crippen MR) is 70.2 cm³/mol. The van der Waals surface area contributed by atoms with Gasteiger partial charge in [-0.05, 0) is 31.4 Å². The van der Waals surface area contributed by atoms with E-state index >= 15 is 0 Å². The van der Waals surface area contributed by atoms with Gasteiger partial charge in [0.05, 0.1) is 5.69 Å². The van der Waals surface area contributed by atoms with Gasteiger partial charge < -0.3 is 15.7 Å². The van der Waals surface area contributed by atoms with Crippen LogP contribution in [0, 0.1) is 11.8 Å². The van der Waals surface area contributed by atoms with Gasteiger partial charge in [-0.25, -0.2) is 4.79 Å². The van der Waals surface area contributed by atoms with Gasteiger partial charge in [0, 0.05) is 11.6 Å². The number of carbonyl (C=O) groups is 1. The first-order valence-electron chi connectivity index (χ1n) is 6.06. The summed E-state index contributed by atoms with van der Waals surface area (Å²) in [4.78, 5) is 11.7. The van der Waals surface area contributed by atoms with Crippen LogP contribution < -0.4 is 10.6 Å². The summed E-state index contributed by atoms with van der Waals surface area (Å²) in [7, 11) is 0. The Bertz CT molecular complexity index is 484. The lowest BCUT2D eigenvalue weighted by Crippen LogP contribution is -2.41. The lowest BCUT2D eigenvalue weighted by molar-refractivity contribution is 0.240. The molecule has 1 saturated carbocycles. The van der Waals surface area contributed by atoms with Crippen LogP contribution in [0.15, 0.2) is 24.3 Å². The number of urea groups is 1. The average Bonchev–Trinajstić information content (AvgIpc) is 2.33. The quantitative estimate of drug-likeness (QED) is 0.693. The van der Waals surface area contributed by atoms with Crippen LogP contribution in [0.25, 0.3) is 0 Å². The summed E-state index contributed by atoms with van der Waals surface area (Å²) in [5.41, 5.74) is 1.37. The fraction of sp³-hybridized carbons (Fsp3) is 0.357. The molecule has 1 aliphatic carbocycles. The second-order valence-electron chi connectivity index (χ2n) is 4.23. The fourth-order valence-corrected chi connectivity index (χ4v) is 1.73. The van der Waals surface area contributed by atoms with Crippen molar-refractivity contribution < 1.29 is 9.90 Å². The summed E-state index contributed by atoms with van der Waals surface area (Å²) in [5.74, 6) is 5.38. The van der Waals surface area contributed by atoms with Crippen LogP contribution in [-0.2, 0) is 0 Å². The molecule has 1 aromatic rings. The smallest absolute Gasteiger partial charge is 0.319 e. The number of benzene rings is 1. The van der Waals surface area contributed by atoms with E-state index in [4.69, 9.17) is 5.11 Å².